The molecule has 0 unspecified atom stereocenters. The monoisotopic (exact) mass is 311 g/mol. The zero-order chi connectivity index (χ0) is 15.4. The van der Waals surface area contributed by atoms with E-state index in [4.69, 9.17) is 0 Å². The van der Waals surface area contributed by atoms with E-state index >= 15 is 0 Å². The van der Waals surface area contributed by atoms with Crippen LogP contribution in [-0.2, 0) is 6.54 Å². The molecule has 2 aromatic carbocycles. The van der Waals surface area contributed by atoms with Gasteiger partial charge in [-0.25, -0.2) is 0 Å². The summed E-state index contributed by atoms with van der Waals surface area (Å²) in [6.07, 6.45) is 4.00. The molecule has 0 fully saturated rings. The number of aromatic nitrogens is 1. The summed E-state index contributed by atoms with van der Waals surface area (Å²) < 4.78 is 3.40. The summed E-state index contributed by atoms with van der Waals surface area (Å²) in [7, 11) is 0. The highest BCUT2D eigenvalue weighted by atomic mass is 32.1. The predicted octanol–water partition coefficient (Wildman–Crippen LogP) is 3.57. The SMILES string of the molecule is Cc1ccc2c(c1)sc(/C=C/Nc1ccccc1)[n+]2CCO. The molecule has 0 saturated carbocycles. The van der Waals surface area contributed by atoms with Crippen molar-refractivity contribution in [2.45, 2.75) is 13.5 Å². The van der Waals surface area contributed by atoms with Crippen LogP contribution in [0.25, 0.3) is 16.3 Å². The van der Waals surface area contributed by atoms with Gasteiger partial charge in [0.1, 0.15) is 11.3 Å². The van der Waals surface area contributed by atoms with E-state index in [0.29, 0.717) is 6.54 Å². The highest BCUT2D eigenvalue weighted by Crippen LogP contribution is 2.22. The van der Waals surface area contributed by atoms with Crippen LogP contribution in [0.4, 0.5) is 5.69 Å². The molecule has 3 aromatic rings. The first kappa shape index (κ1) is 14.8. The maximum absolute atomic E-state index is 9.32. The highest BCUT2D eigenvalue weighted by Gasteiger charge is 2.17. The maximum atomic E-state index is 9.32. The third-order valence-corrected chi connectivity index (χ3v) is 4.57. The van der Waals surface area contributed by atoms with Crippen LogP contribution in [0, 0.1) is 6.92 Å². The van der Waals surface area contributed by atoms with Crippen LogP contribution in [0.2, 0.25) is 0 Å². The number of aliphatic hydroxyl groups is 1. The molecule has 22 heavy (non-hydrogen) atoms. The summed E-state index contributed by atoms with van der Waals surface area (Å²) in [5, 5.41) is 13.7. The molecule has 0 amide bonds. The minimum atomic E-state index is 0.136. The molecule has 0 aliphatic carbocycles. The number of fused-ring (bicyclic) bond motifs is 1. The average molecular weight is 311 g/mol. The molecule has 0 spiro atoms. The lowest BCUT2D eigenvalue weighted by molar-refractivity contribution is -0.670. The molecule has 3 rings (SSSR count). The Bertz CT molecular complexity index is 793. The molecule has 0 aliphatic rings. The van der Waals surface area contributed by atoms with Gasteiger partial charge in [-0.05, 0) is 30.7 Å². The number of aryl methyl sites for hydroxylation is 1. The van der Waals surface area contributed by atoms with Crippen molar-refractivity contribution in [2.24, 2.45) is 0 Å². The first-order chi connectivity index (χ1) is 10.8. The molecule has 2 N–H and O–H groups in total. The van der Waals surface area contributed by atoms with Crippen LogP contribution >= 0.6 is 11.3 Å². The number of benzene rings is 2. The van der Waals surface area contributed by atoms with Gasteiger partial charge >= 0.3 is 0 Å². The van der Waals surface area contributed by atoms with Gasteiger partial charge in [-0.1, -0.05) is 35.6 Å². The highest BCUT2D eigenvalue weighted by molar-refractivity contribution is 7.18. The number of nitrogens with one attached hydrogen (secondary N) is 1. The summed E-state index contributed by atoms with van der Waals surface area (Å²) in [6, 6.07) is 16.5. The Morgan fingerprint density at radius 2 is 2.00 bits per heavy atom. The van der Waals surface area contributed by atoms with Gasteiger partial charge in [0.15, 0.2) is 6.54 Å². The van der Waals surface area contributed by atoms with E-state index in [1.165, 1.54) is 15.8 Å². The van der Waals surface area contributed by atoms with Gasteiger partial charge in [-0.3, -0.25) is 0 Å². The van der Waals surface area contributed by atoms with E-state index in [1.54, 1.807) is 11.3 Å². The van der Waals surface area contributed by atoms with Crippen molar-refractivity contribution in [1.82, 2.24) is 0 Å². The fourth-order valence-electron chi connectivity index (χ4n) is 2.41. The molecule has 0 atom stereocenters. The lowest BCUT2D eigenvalue weighted by Crippen LogP contribution is -2.36. The van der Waals surface area contributed by atoms with Gasteiger partial charge in [-0.15, -0.1) is 0 Å². The number of hydrogen-bond donors (Lipinski definition) is 2. The molecule has 112 valence electrons. The molecule has 0 radical (unpaired) electrons. The Kier molecular flexibility index (Phi) is 4.51. The number of nitrogens with zero attached hydrogens (tertiary/aromatic N) is 1. The van der Waals surface area contributed by atoms with Crippen LogP contribution < -0.4 is 9.88 Å². The van der Waals surface area contributed by atoms with E-state index in [-0.39, 0.29) is 6.61 Å². The van der Waals surface area contributed by atoms with Crippen LogP contribution in [-0.4, -0.2) is 11.7 Å². The molecule has 1 aromatic heterocycles. The third-order valence-electron chi connectivity index (χ3n) is 3.46. The van der Waals surface area contributed by atoms with Crippen molar-refractivity contribution in [3.63, 3.8) is 0 Å². The van der Waals surface area contributed by atoms with Crippen LogP contribution in [0.1, 0.15) is 10.6 Å². The van der Waals surface area contributed by atoms with Crippen molar-refractivity contribution in [1.29, 1.82) is 0 Å². The molecular weight excluding hydrogens is 292 g/mol. The molecule has 0 bridgehead atoms. The van der Waals surface area contributed by atoms with Crippen molar-refractivity contribution in [3.05, 3.63) is 65.3 Å². The number of hydrogen-bond acceptors (Lipinski definition) is 3. The Morgan fingerprint density at radius 3 is 2.77 bits per heavy atom. The van der Waals surface area contributed by atoms with Crippen molar-refractivity contribution in [2.75, 3.05) is 11.9 Å². The first-order valence-corrected chi connectivity index (χ1v) is 8.11. The van der Waals surface area contributed by atoms with Crippen molar-refractivity contribution in [3.8, 4) is 0 Å². The minimum Gasteiger partial charge on any atom is -0.390 e. The lowest BCUT2D eigenvalue weighted by Gasteiger charge is -1.98. The van der Waals surface area contributed by atoms with E-state index in [0.717, 1.165) is 10.7 Å². The molecule has 3 nitrogen and oxygen atoms in total. The molecule has 4 heteroatoms. The van der Waals surface area contributed by atoms with Crippen LogP contribution in [0.15, 0.2) is 54.7 Å². The summed E-state index contributed by atoms with van der Waals surface area (Å²) >= 11 is 1.74. The van der Waals surface area contributed by atoms with E-state index < -0.39 is 0 Å². The number of aliphatic hydroxyl groups excluding tert-OH is 1. The van der Waals surface area contributed by atoms with E-state index in [1.807, 2.05) is 36.5 Å². The zero-order valence-corrected chi connectivity index (χ0v) is 13.3. The molecular formula is C18H19N2OS+. The first-order valence-electron chi connectivity index (χ1n) is 7.30. The van der Waals surface area contributed by atoms with E-state index in [9.17, 15) is 5.11 Å². The smallest absolute Gasteiger partial charge is 0.264 e. The largest absolute Gasteiger partial charge is 0.390 e. The lowest BCUT2D eigenvalue weighted by atomic mass is 10.2. The second-order valence-corrected chi connectivity index (χ2v) is 6.19. The zero-order valence-electron chi connectivity index (χ0n) is 12.5. The van der Waals surface area contributed by atoms with Crippen LogP contribution in [0.5, 0.6) is 0 Å². The predicted molar refractivity (Wildman–Crippen MR) is 92.9 cm³/mol. The average Bonchev–Trinajstić information content (AvgIpc) is 2.86. The Morgan fingerprint density at radius 1 is 1.18 bits per heavy atom. The molecule has 0 saturated heterocycles. The van der Waals surface area contributed by atoms with Crippen molar-refractivity contribution < 1.29 is 9.67 Å². The topological polar surface area (TPSA) is 36.1 Å². The van der Waals surface area contributed by atoms with E-state index in [2.05, 4.69) is 41.1 Å². The van der Waals surface area contributed by atoms with Gasteiger partial charge < -0.3 is 10.4 Å². The third kappa shape index (κ3) is 3.18. The Hall–Kier alpha value is -2.17. The summed E-state index contributed by atoms with van der Waals surface area (Å²) in [5.41, 5.74) is 3.48. The fraction of sp³-hybridized carbons (Fsp3) is 0.167. The second kappa shape index (κ2) is 6.73. The quantitative estimate of drug-likeness (QED) is 0.707. The maximum Gasteiger partial charge on any atom is 0.264 e. The number of rotatable bonds is 5. The number of para-hydroxylation sites is 1. The molecule has 1 heterocycles. The fourth-order valence-corrected chi connectivity index (χ4v) is 3.60. The summed E-state index contributed by atoms with van der Waals surface area (Å²) in [5.74, 6) is 0. The number of anilines is 1. The van der Waals surface area contributed by atoms with Gasteiger partial charge in [-0.2, -0.15) is 4.57 Å². The number of thiazole rings is 1. The Balaban J connectivity index is 1.90. The molecule has 0 aliphatic heterocycles. The van der Waals surface area contributed by atoms with Crippen LogP contribution in [0.3, 0.4) is 0 Å². The van der Waals surface area contributed by atoms with Gasteiger partial charge in [0.25, 0.3) is 5.01 Å². The van der Waals surface area contributed by atoms with Crippen molar-refractivity contribution >= 4 is 33.3 Å². The standard InChI is InChI=1S/C18H18N2OS/c1-14-7-8-16-17(13-14)22-18(20(16)11-12-21)9-10-19-15-5-3-2-4-6-15/h2-10,13,21H,11-12H2,1H3/p+1. The second-order valence-electron chi connectivity index (χ2n) is 5.13. The van der Waals surface area contributed by atoms with Gasteiger partial charge in [0, 0.05) is 24.0 Å². The summed E-state index contributed by atoms with van der Waals surface area (Å²) in [4.78, 5) is 0. The normalized spacial score (nSPS) is 11.4. The minimum absolute atomic E-state index is 0.136. The summed E-state index contributed by atoms with van der Waals surface area (Å²) in [6.45, 7) is 2.84. The van der Waals surface area contributed by atoms with Gasteiger partial charge in [0.2, 0.25) is 5.52 Å². The van der Waals surface area contributed by atoms with Gasteiger partial charge in [0.05, 0.1) is 0 Å². The Labute approximate surface area is 134 Å².